The average Bonchev–Trinajstić information content (AvgIpc) is 2.51. The number of carbonyl (C=O) groups is 1. The van der Waals surface area contributed by atoms with Crippen LogP contribution in [-0.2, 0) is 16.0 Å². The predicted octanol–water partition coefficient (Wildman–Crippen LogP) is 1.84. The van der Waals surface area contributed by atoms with E-state index in [9.17, 15) is 4.79 Å². The summed E-state index contributed by atoms with van der Waals surface area (Å²) in [5.74, 6) is -0.802. The number of carboxylic acids is 1. The maximum Gasteiger partial charge on any atom is 0.306 e. The molecule has 70 valence electrons. The second-order valence-corrected chi connectivity index (χ2v) is 4.01. The van der Waals surface area contributed by atoms with Gasteiger partial charge in [0, 0.05) is 11.3 Å². The minimum absolute atomic E-state index is 0.0731. The number of thiophene rings is 1. The Morgan fingerprint density at radius 2 is 2.62 bits per heavy atom. The largest absolute Gasteiger partial charge is 0.481 e. The maximum absolute atomic E-state index is 10.5. The molecule has 1 atom stereocenters. The third kappa shape index (κ3) is 1.73. The van der Waals surface area contributed by atoms with E-state index < -0.39 is 5.97 Å². The molecular formula is C9H10O3S. The highest BCUT2D eigenvalue weighted by molar-refractivity contribution is 7.10. The molecule has 0 saturated heterocycles. The number of ether oxygens (including phenoxy) is 1. The van der Waals surface area contributed by atoms with Gasteiger partial charge in [-0.25, -0.2) is 0 Å². The molecule has 1 aromatic rings. The van der Waals surface area contributed by atoms with E-state index in [2.05, 4.69) is 0 Å². The SMILES string of the molecule is O=C(O)C[C@H]1OCCc2sccc21. The average molecular weight is 198 g/mol. The Morgan fingerprint density at radius 1 is 1.77 bits per heavy atom. The van der Waals surface area contributed by atoms with Crippen molar-refractivity contribution < 1.29 is 14.6 Å². The third-order valence-corrected chi connectivity index (χ3v) is 3.13. The molecule has 0 radical (unpaired) electrons. The first kappa shape index (κ1) is 8.72. The van der Waals surface area contributed by atoms with Gasteiger partial charge < -0.3 is 9.84 Å². The Bertz CT molecular complexity index is 318. The van der Waals surface area contributed by atoms with Crippen LogP contribution in [0, 0.1) is 0 Å². The smallest absolute Gasteiger partial charge is 0.306 e. The molecule has 0 amide bonds. The molecule has 2 heterocycles. The van der Waals surface area contributed by atoms with Gasteiger partial charge in [0.25, 0.3) is 0 Å². The van der Waals surface area contributed by atoms with Gasteiger partial charge in [0.05, 0.1) is 19.1 Å². The number of aliphatic carboxylic acids is 1. The van der Waals surface area contributed by atoms with E-state index in [-0.39, 0.29) is 12.5 Å². The van der Waals surface area contributed by atoms with Crippen molar-refractivity contribution in [2.24, 2.45) is 0 Å². The predicted molar refractivity (Wildman–Crippen MR) is 49.0 cm³/mol. The summed E-state index contributed by atoms with van der Waals surface area (Å²) in [6, 6.07) is 1.97. The zero-order valence-corrected chi connectivity index (χ0v) is 7.84. The van der Waals surface area contributed by atoms with Crippen molar-refractivity contribution in [1.29, 1.82) is 0 Å². The van der Waals surface area contributed by atoms with E-state index in [1.54, 1.807) is 11.3 Å². The van der Waals surface area contributed by atoms with Crippen LogP contribution in [0.3, 0.4) is 0 Å². The van der Waals surface area contributed by atoms with Crippen molar-refractivity contribution in [3.05, 3.63) is 21.9 Å². The summed E-state index contributed by atoms with van der Waals surface area (Å²) in [6.07, 6.45) is 0.764. The van der Waals surface area contributed by atoms with Crippen LogP contribution in [0.15, 0.2) is 11.4 Å². The van der Waals surface area contributed by atoms with Crippen LogP contribution in [0.5, 0.6) is 0 Å². The summed E-state index contributed by atoms with van der Waals surface area (Å²) in [6.45, 7) is 0.644. The highest BCUT2D eigenvalue weighted by Gasteiger charge is 2.23. The van der Waals surface area contributed by atoms with Gasteiger partial charge in [0.1, 0.15) is 0 Å². The molecule has 0 unspecified atom stereocenters. The molecule has 0 fully saturated rings. The summed E-state index contributed by atoms with van der Waals surface area (Å²) >= 11 is 1.68. The van der Waals surface area contributed by atoms with E-state index in [1.165, 1.54) is 4.88 Å². The van der Waals surface area contributed by atoms with Crippen LogP contribution in [-0.4, -0.2) is 17.7 Å². The van der Waals surface area contributed by atoms with Crippen molar-refractivity contribution in [1.82, 2.24) is 0 Å². The zero-order valence-electron chi connectivity index (χ0n) is 7.03. The number of hydrogen-bond donors (Lipinski definition) is 1. The zero-order chi connectivity index (χ0) is 9.26. The lowest BCUT2D eigenvalue weighted by Crippen LogP contribution is -2.17. The van der Waals surface area contributed by atoms with Crippen LogP contribution >= 0.6 is 11.3 Å². The van der Waals surface area contributed by atoms with Crippen LogP contribution in [0.25, 0.3) is 0 Å². The second-order valence-electron chi connectivity index (χ2n) is 3.01. The molecule has 0 saturated carbocycles. The Hall–Kier alpha value is -0.870. The van der Waals surface area contributed by atoms with Crippen LogP contribution in [0.1, 0.15) is 23.0 Å². The fraction of sp³-hybridized carbons (Fsp3) is 0.444. The fourth-order valence-corrected chi connectivity index (χ4v) is 2.47. The van der Waals surface area contributed by atoms with E-state index in [0.717, 1.165) is 12.0 Å². The molecule has 0 aromatic carbocycles. The van der Waals surface area contributed by atoms with Crippen molar-refractivity contribution in [3.63, 3.8) is 0 Å². The maximum atomic E-state index is 10.5. The van der Waals surface area contributed by atoms with E-state index >= 15 is 0 Å². The van der Waals surface area contributed by atoms with E-state index in [4.69, 9.17) is 9.84 Å². The summed E-state index contributed by atoms with van der Waals surface area (Å²) < 4.78 is 5.40. The molecule has 0 spiro atoms. The van der Waals surface area contributed by atoms with Crippen LogP contribution < -0.4 is 0 Å². The van der Waals surface area contributed by atoms with Crippen LogP contribution in [0.4, 0.5) is 0 Å². The molecule has 0 bridgehead atoms. The quantitative estimate of drug-likeness (QED) is 0.788. The summed E-state index contributed by atoms with van der Waals surface area (Å²) in [5.41, 5.74) is 1.07. The van der Waals surface area contributed by atoms with E-state index in [1.807, 2.05) is 11.4 Å². The van der Waals surface area contributed by atoms with Gasteiger partial charge in [0.15, 0.2) is 0 Å². The standard InChI is InChI=1S/C9H10O3S/c10-9(11)5-7-6-2-4-13-8(6)1-3-12-7/h2,4,7H,1,3,5H2,(H,10,11)/t7-/m1/s1. The van der Waals surface area contributed by atoms with Gasteiger partial charge in [-0.3, -0.25) is 4.79 Å². The summed E-state index contributed by atoms with van der Waals surface area (Å²) in [7, 11) is 0. The molecule has 3 nitrogen and oxygen atoms in total. The first-order valence-corrected chi connectivity index (χ1v) is 5.05. The lowest BCUT2D eigenvalue weighted by Gasteiger charge is -2.21. The lowest BCUT2D eigenvalue weighted by atomic mass is 10.0. The topological polar surface area (TPSA) is 46.5 Å². The second kappa shape index (κ2) is 3.47. The Balaban J connectivity index is 2.20. The van der Waals surface area contributed by atoms with Gasteiger partial charge in [-0.1, -0.05) is 0 Å². The van der Waals surface area contributed by atoms with Crippen LogP contribution in [0.2, 0.25) is 0 Å². The van der Waals surface area contributed by atoms with Gasteiger partial charge in [-0.2, -0.15) is 0 Å². The van der Waals surface area contributed by atoms with Crippen molar-refractivity contribution >= 4 is 17.3 Å². The molecule has 2 rings (SSSR count). The first-order valence-electron chi connectivity index (χ1n) is 4.17. The number of rotatable bonds is 2. The molecule has 1 aliphatic heterocycles. The summed E-state index contributed by atoms with van der Waals surface area (Å²) in [5, 5.41) is 10.6. The molecule has 0 aliphatic carbocycles. The molecular weight excluding hydrogens is 188 g/mol. The van der Waals surface area contributed by atoms with Crippen molar-refractivity contribution in [2.75, 3.05) is 6.61 Å². The first-order chi connectivity index (χ1) is 6.27. The Morgan fingerprint density at radius 3 is 3.38 bits per heavy atom. The normalized spacial score (nSPS) is 21.1. The molecule has 13 heavy (non-hydrogen) atoms. The fourth-order valence-electron chi connectivity index (χ4n) is 1.55. The van der Waals surface area contributed by atoms with Gasteiger partial charge in [-0.05, 0) is 17.0 Å². The third-order valence-electron chi connectivity index (χ3n) is 2.13. The van der Waals surface area contributed by atoms with Gasteiger partial charge in [-0.15, -0.1) is 11.3 Å². The molecule has 1 aromatic heterocycles. The van der Waals surface area contributed by atoms with E-state index in [0.29, 0.717) is 6.61 Å². The molecule has 1 aliphatic rings. The number of carboxylic acid groups (broad SMARTS) is 1. The Kier molecular flexibility index (Phi) is 2.33. The highest BCUT2D eigenvalue weighted by Crippen LogP contribution is 2.32. The molecule has 4 heteroatoms. The van der Waals surface area contributed by atoms with Crippen molar-refractivity contribution in [2.45, 2.75) is 18.9 Å². The number of hydrogen-bond acceptors (Lipinski definition) is 3. The highest BCUT2D eigenvalue weighted by atomic mass is 32.1. The van der Waals surface area contributed by atoms with Gasteiger partial charge in [0.2, 0.25) is 0 Å². The Labute approximate surface area is 80.0 Å². The van der Waals surface area contributed by atoms with Gasteiger partial charge >= 0.3 is 5.97 Å². The summed E-state index contributed by atoms with van der Waals surface area (Å²) in [4.78, 5) is 11.8. The lowest BCUT2D eigenvalue weighted by molar-refractivity contribution is -0.140. The minimum Gasteiger partial charge on any atom is -0.481 e. The monoisotopic (exact) mass is 198 g/mol. The molecule has 1 N–H and O–H groups in total. The minimum atomic E-state index is -0.802. The number of fused-ring (bicyclic) bond motifs is 1. The van der Waals surface area contributed by atoms with Crippen molar-refractivity contribution in [3.8, 4) is 0 Å².